The quantitative estimate of drug-likeness (QED) is 0.0291. The highest BCUT2D eigenvalue weighted by molar-refractivity contribution is 7.81. The third kappa shape index (κ3) is 23.1. The Balaban J connectivity index is 0.869. The maximum absolute atomic E-state index is 13.1. The summed E-state index contributed by atoms with van der Waals surface area (Å²) < 4.78 is 245. The molecular weight excluding hydrogens is 1700 g/mol. The summed E-state index contributed by atoms with van der Waals surface area (Å²) in [6, 6.07) is 5.55. The fourth-order valence-electron chi connectivity index (χ4n) is 13.6. The minimum Gasteiger partial charge on any atom is -0.497 e. The molecule has 8 fully saturated rings. The first-order valence-corrected chi connectivity index (χ1v) is 40.1. The van der Waals surface area contributed by atoms with E-state index >= 15 is 0 Å². The molecule has 0 radical (unpaired) electrons. The van der Waals surface area contributed by atoms with Gasteiger partial charge < -0.3 is 167 Å². The Kier molecular flexibility index (Phi) is 31.8. The molecule has 0 aromatic heterocycles. The summed E-state index contributed by atoms with van der Waals surface area (Å²) in [7, 11) is -20.3. The maximum Gasteiger partial charge on any atom is 0.397 e. The molecular formula is C59H88O54S4. The van der Waals surface area contributed by atoms with Crippen LogP contribution in [0.1, 0.15) is 27.7 Å². The maximum atomic E-state index is 13.1. The summed E-state index contributed by atoms with van der Waals surface area (Å²) in [6.07, 6.45) is -82.0. The van der Waals surface area contributed by atoms with Crippen molar-refractivity contribution in [2.24, 2.45) is 23.7 Å². The molecule has 54 nitrogen and oxygen atoms in total. The van der Waals surface area contributed by atoms with Gasteiger partial charge in [-0.2, -0.15) is 33.7 Å². The van der Waals surface area contributed by atoms with Crippen LogP contribution in [0.3, 0.4) is 0 Å². The Morgan fingerprint density at radius 2 is 0.513 bits per heavy atom. The first kappa shape index (κ1) is 95.9. The first-order chi connectivity index (χ1) is 54.3. The molecule has 0 aliphatic carbocycles. The Bertz CT molecular complexity index is 3980. The molecule has 672 valence electrons. The van der Waals surface area contributed by atoms with Gasteiger partial charge in [-0.15, -0.1) is 0 Å². The monoisotopic (exact) mass is 1790 g/mol. The summed E-state index contributed by atoms with van der Waals surface area (Å²) in [5.74, 6) is -14.0. The van der Waals surface area contributed by atoms with E-state index in [-0.39, 0.29) is 5.75 Å². The number of aliphatic hydroxyl groups is 13. The Morgan fingerprint density at radius 3 is 0.769 bits per heavy atom. The molecule has 0 amide bonds. The minimum absolute atomic E-state index is 0.00349. The number of methoxy groups -OCH3 is 1. The van der Waals surface area contributed by atoms with E-state index in [2.05, 4.69) is 16.7 Å². The minimum atomic E-state index is -5.56. The van der Waals surface area contributed by atoms with Gasteiger partial charge in [0, 0.05) is 23.7 Å². The molecule has 8 aliphatic rings. The lowest BCUT2D eigenvalue weighted by molar-refractivity contribution is -0.387. The normalized spacial score (nSPS) is 43.9. The van der Waals surface area contributed by atoms with E-state index in [9.17, 15) is 153 Å². The van der Waals surface area contributed by atoms with Crippen LogP contribution < -0.4 is 9.47 Å². The summed E-state index contributed by atoms with van der Waals surface area (Å²) in [5.41, 5.74) is 0. The summed E-state index contributed by atoms with van der Waals surface area (Å²) in [6.45, 7) is -1.13. The molecule has 9 rings (SSSR count). The molecule has 40 unspecified atom stereocenters. The number of carboxylic acids is 4. The van der Waals surface area contributed by atoms with E-state index in [1.807, 2.05) is 0 Å². The molecule has 1 aromatic carbocycles. The molecule has 1 aromatic rings. The molecule has 8 heterocycles. The van der Waals surface area contributed by atoms with Crippen LogP contribution in [-0.2, 0) is 149 Å². The van der Waals surface area contributed by atoms with Gasteiger partial charge in [0.2, 0.25) is 6.29 Å². The van der Waals surface area contributed by atoms with E-state index in [4.69, 9.17) is 85.1 Å². The lowest BCUT2D eigenvalue weighted by Gasteiger charge is -2.50. The van der Waals surface area contributed by atoms with Crippen molar-refractivity contribution in [2.45, 2.75) is 249 Å². The van der Waals surface area contributed by atoms with Crippen LogP contribution >= 0.6 is 0 Å². The second-order valence-corrected chi connectivity index (χ2v) is 32.3. The lowest BCUT2D eigenvalue weighted by atomic mass is 9.90. The number of carbonyl (C=O) groups is 4. The van der Waals surface area contributed by atoms with E-state index in [0.29, 0.717) is 5.75 Å². The number of benzene rings is 1. The predicted molar refractivity (Wildman–Crippen MR) is 352 cm³/mol. The zero-order valence-corrected chi connectivity index (χ0v) is 64.0. The average Bonchev–Trinajstić information content (AvgIpc) is 0.767. The highest BCUT2D eigenvalue weighted by Crippen LogP contribution is 2.42. The van der Waals surface area contributed by atoms with Crippen molar-refractivity contribution < 1.29 is 255 Å². The predicted octanol–water partition coefficient (Wildman–Crippen LogP) is -11.6. The third-order valence-electron chi connectivity index (χ3n) is 20.0. The van der Waals surface area contributed by atoms with Crippen LogP contribution in [0.2, 0.25) is 0 Å². The number of carboxylic acid groups (broad SMARTS) is 4. The Labute approximate surface area is 660 Å². The van der Waals surface area contributed by atoms with Crippen molar-refractivity contribution in [1.29, 1.82) is 0 Å². The highest BCUT2D eigenvalue weighted by atomic mass is 32.3. The number of hydrogen-bond acceptors (Lipinski definition) is 46. The van der Waals surface area contributed by atoms with Crippen LogP contribution in [-0.4, -0.2) is 417 Å². The standard InChI is InChI=1S/C59H88O54S4/c1-14-24(60)28(64)20(10-94-114(81,82)83)99-52(14)106-41-30(66)34(70)57(111-45(41)49(75)76)103-38-22(12-96-116(87,88)89)101-54(16(3)26(38)62)108-43-32(68)36(72)59(113-47(43)51(79)80)105-39-23(13-97-117(90,91)92)102-55(17(4)27(39)63)109-42-31(67)35(71)58(112-46(42)50(77)78)104-37-21(11-95-115(84,85)86)100-53(15(2)25(37)61)107-40-29(65)33(69)56(110-44(40)48(73)74)98-19-8-6-18(93-5)7-9-19/h6-9,14-17,20-47,52-72H,10-13H2,1-5H3,(H,73,74)(H,75,76)(H,77,78)(H,79,80)(H,81,82,83)(H,84,85,86)(H,87,88,89)(H,90,91,92). The second kappa shape index (κ2) is 38.9. The van der Waals surface area contributed by atoms with Crippen molar-refractivity contribution in [3.63, 3.8) is 0 Å². The van der Waals surface area contributed by atoms with E-state index in [1.54, 1.807) is 0 Å². The Morgan fingerprint density at radius 1 is 0.291 bits per heavy atom. The van der Waals surface area contributed by atoms with Gasteiger partial charge in [-0.3, -0.25) is 18.2 Å². The van der Waals surface area contributed by atoms with Crippen molar-refractivity contribution in [3.05, 3.63) is 24.3 Å². The van der Waals surface area contributed by atoms with Gasteiger partial charge in [0.25, 0.3) is 0 Å². The van der Waals surface area contributed by atoms with Crippen LogP contribution in [0, 0.1) is 23.7 Å². The van der Waals surface area contributed by atoms with Crippen LogP contribution in [0.4, 0.5) is 0 Å². The lowest BCUT2D eigenvalue weighted by Crippen LogP contribution is -2.67. The van der Waals surface area contributed by atoms with Crippen LogP contribution in [0.25, 0.3) is 0 Å². The van der Waals surface area contributed by atoms with Crippen molar-refractivity contribution in [2.75, 3.05) is 33.5 Å². The molecule has 8 saturated heterocycles. The number of rotatable bonds is 33. The molecule has 21 N–H and O–H groups in total. The molecule has 58 heteroatoms. The van der Waals surface area contributed by atoms with Gasteiger partial charge in [-0.05, 0) is 24.3 Å². The third-order valence-corrected chi connectivity index (χ3v) is 21.7. The van der Waals surface area contributed by atoms with Gasteiger partial charge in [0.05, 0.1) is 58.0 Å². The number of ether oxygens (including phenoxy) is 17. The van der Waals surface area contributed by atoms with Gasteiger partial charge in [-0.1, -0.05) is 27.7 Å². The fraction of sp³-hybridized carbons (Fsp3) is 0.831. The van der Waals surface area contributed by atoms with Crippen molar-refractivity contribution in [3.8, 4) is 11.5 Å². The smallest absolute Gasteiger partial charge is 0.397 e. The van der Waals surface area contributed by atoms with E-state index in [1.165, 1.54) is 38.3 Å². The van der Waals surface area contributed by atoms with Crippen LogP contribution in [0.15, 0.2) is 24.3 Å². The topological polar surface area (TPSA) is 824 Å². The van der Waals surface area contributed by atoms with Gasteiger partial charge >= 0.3 is 65.5 Å². The molecule has 0 spiro atoms. The van der Waals surface area contributed by atoms with Gasteiger partial charge in [-0.25, -0.2) is 35.9 Å². The van der Waals surface area contributed by atoms with E-state index < -0.39 is 337 Å². The number of hydrogen-bond donors (Lipinski definition) is 21. The average molecular weight is 1790 g/mol. The zero-order chi connectivity index (χ0) is 87.1. The molecule has 117 heavy (non-hydrogen) atoms. The van der Waals surface area contributed by atoms with E-state index in [0.717, 1.165) is 20.8 Å². The Hall–Kier alpha value is -4.94. The van der Waals surface area contributed by atoms with Crippen molar-refractivity contribution >= 4 is 65.5 Å². The number of aliphatic carboxylic acids is 4. The summed E-state index contributed by atoms with van der Waals surface area (Å²) in [4.78, 5) is 51.4. The molecule has 0 saturated carbocycles. The summed E-state index contributed by atoms with van der Waals surface area (Å²) >= 11 is 0. The second-order valence-electron chi connectivity index (χ2n) is 27.9. The van der Waals surface area contributed by atoms with Crippen molar-refractivity contribution in [1.82, 2.24) is 0 Å². The first-order valence-electron chi connectivity index (χ1n) is 34.7. The van der Waals surface area contributed by atoms with Gasteiger partial charge in [0.15, 0.2) is 68.4 Å². The molecule has 40 atom stereocenters. The number of aliphatic hydroxyl groups excluding tert-OH is 13. The fourth-order valence-corrected chi connectivity index (χ4v) is 14.8. The molecule has 0 bridgehead atoms. The van der Waals surface area contributed by atoms with Gasteiger partial charge in [0.1, 0.15) is 134 Å². The highest BCUT2D eigenvalue weighted by Gasteiger charge is 2.61. The molecule has 8 aliphatic heterocycles. The zero-order valence-electron chi connectivity index (χ0n) is 60.7. The SMILES string of the molecule is COc1ccc(OC2OC(C(=O)O)C(OC3OC(COS(=O)(=O)O)C(OC4OC(C(=O)O)C(OC5OC(COS(=O)(=O)O)C(OC6OC(C(=O)O)C(OC7OC(COS(=O)(=O)O)C(OC8OC(C(=O)O)C(OC9OC(COS(=O)(=O)O)C(O)C(O)C9C)C(O)C8O)C(O)C7C)C(O)C6O)C(O)C5C)C(O)C4O)C(O)C3C)C(O)C2O)cc1. The summed E-state index contributed by atoms with van der Waals surface area (Å²) in [5, 5.41) is 190. The van der Waals surface area contributed by atoms with Crippen LogP contribution in [0.5, 0.6) is 11.5 Å². The largest absolute Gasteiger partial charge is 0.497 e.